The van der Waals surface area contributed by atoms with Crippen LogP contribution in [-0.4, -0.2) is 29.4 Å². The van der Waals surface area contributed by atoms with E-state index in [1.165, 1.54) is 51.5 Å². The van der Waals surface area contributed by atoms with Crippen LogP contribution in [0, 0.1) is 0 Å². The molecule has 0 bridgehead atoms. The van der Waals surface area contributed by atoms with Crippen LogP contribution in [0.3, 0.4) is 0 Å². The first-order valence-electron chi connectivity index (χ1n) is 5.74. The Hall–Kier alpha value is 0.250. The molecule has 76 valence electrons. The summed E-state index contributed by atoms with van der Waals surface area (Å²) in [6.45, 7) is 2.39. The maximum atomic E-state index is 6.13. The third-order valence-corrected chi connectivity index (χ3v) is 3.86. The zero-order valence-electron chi connectivity index (χ0n) is 8.34. The molecular weight excluding hydrogens is 182 g/mol. The molecule has 0 spiro atoms. The highest BCUT2D eigenvalue weighted by Gasteiger charge is 2.26. The minimum atomic E-state index is 0.434. The molecule has 1 atom stereocenters. The van der Waals surface area contributed by atoms with Gasteiger partial charge >= 0.3 is 0 Å². The van der Waals surface area contributed by atoms with Gasteiger partial charge in [0, 0.05) is 18.0 Å². The van der Waals surface area contributed by atoms with Gasteiger partial charge in [-0.15, -0.1) is 11.6 Å². The van der Waals surface area contributed by atoms with Gasteiger partial charge in [-0.3, -0.25) is 4.90 Å². The van der Waals surface area contributed by atoms with E-state index in [2.05, 4.69) is 4.90 Å². The fraction of sp³-hybridized carbons (Fsp3) is 1.00. The quantitative estimate of drug-likeness (QED) is 0.466. The van der Waals surface area contributed by atoms with Gasteiger partial charge in [-0.25, -0.2) is 0 Å². The topological polar surface area (TPSA) is 3.24 Å². The number of hydrogen-bond donors (Lipinski definition) is 0. The number of rotatable bonds is 1. The van der Waals surface area contributed by atoms with E-state index >= 15 is 0 Å². The normalized spacial score (nSPS) is 33.5. The van der Waals surface area contributed by atoms with Crippen molar-refractivity contribution in [2.45, 2.75) is 56.4 Å². The Balaban J connectivity index is 1.84. The van der Waals surface area contributed by atoms with Crippen molar-refractivity contribution in [2.75, 3.05) is 13.1 Å². The lowest BCUT2D eigenvalue weighted by atomic mass is 10.1. The van der Waals surface area contributed by atoms with Gasteiger partial charge in [-0.05, 0) is 25.8 Å². The lowest BCUT2D eigenvalue weighted by Crippen LogP contribution is -2.33. The van der Waals surface area contributed by atoms with Crippen LogP contribution in [0.15, 0.2) is 0 Å². The summed E-state index contributed by atoms with van der Waals surface area (Å²) in [5, 5.41) is 0.434. The monoisotopic (exact) mass is 201 g/mol. The first-order chi connectivity index (χ1) is 6.36. The molecule has 2 rings (SSSR count). The van der Waals surface area contributed by atoms with Crippen LogP contribution >= 0.6 is 11.6 Å². The van der Waals surface area contributed by atoms with Crippen LogP contribution in [0.2, 0.25) is 0 Å². The Kier molecular flexibility index (Phi) is 3.51. The highest BCUT2D eigenvalue weighted by atomic mass is 35.5. The van der Waals surface area contributed by atoms with Crippen molar-refractivity contribution in [1.29, 1.82) is 0 Å². The van der Waals surface area contributed by atoms with Gasteiger partial charge in [-0.1, -0.05) is 25.7 Å². The van der Waals surface area contributed by atoms with Crippen LogP contribution in [0.4, 0.5) is 0 Å². The van der Waals surface area contributed by atoms with Crippen molar-refractivity contribution >= 4 is 11.6 Å². The summed E-state index contributed by atoms with van der Waals surface area (Å²) in [7, 11) is 0. The lowest BCUT2D eigenvalue weighted by molar-refractivity contribution is 0.221. The van der Waals surface area contributed by atoms with Crippen molar-refractivity contribution in [3.8, 4) is 0 Å². The van der Waals surface area contributed by atoms with E-state index in [-0.39, 0.29) is 0 Å². The molecule has 1 saturated carbocycles. The number of halogens is 1. The molecule has 1 saturated heterocycles. The molecule has 1 heterocycles. The molecular formula is C11H20ClN. The summed E-state index contributed by atoms with van der Waals surface area (Å²) in [6, 6.07) is 0.867. The summed E-state index contributed by atoms with van der Waals surface area (Å²) < 4.78 is 0. The highest BCUT2D eigenvalue weighted by molar-refractivity contribution is 6.20. The van der Waals surface area contributed by atoms with Crippen molar-refractivity contribution in [2.24, 2.45) is 0 Å². The van der Waals surface area contributed by atoms with Gasteiger partial charge in [-0.2, -0.15) is 0 Å². The molecule has 0 amide bonds. The Morgan fingerprint density at radius 2 is 1.62 bits per heavy atom. The molecule has 13 heavy (non-hydrogen) atoms. The Bertz CT molecular complexity index is 152. The van der Waals surface area contributed by atoms with E-state index < -0.39 is 0 Å². The Morgan fingerprint density at radius 3 is 2.15 bits per heavy atom. The van der Waals surface area contributed by atoms with Crippen LogP contribution in [0.5, 0.6) is 0 Å². The predicted octanol–water partition coefficient (Wildman–Crippen LogP) is 3.02. The molecule has 0 radical (unpaired) electrons. The molecule has 2 aliphatic rings. The first kappa shape index (κ1) is 9.79. The van der Waals surface area contributed by atoms with Gasteiger partial charge in [0.15, 0.2) is 0 Å². The summed E-state index contributed by atoms with van der Waals surface area (Å²) in [5.41, 5.74) is 0. The number of hydrogen-bond acceptors (Lipinski definition) is 1. The van der Waals surface area contributed by atoms with Crippen LogP contribution < -0.4 is 0 Å². The number of alkyl halides is 1. The van der Waals surface area contributed by atoms with Crippen molar-refractivity contribution in [3.05, 3.63) is 0 Å². The summed E-state index contributed by atoms with van der Waals surface area (Å²) >= 11 is 6.13. The van der Waals surface area contributed by atoms with Gasteiger partial charge in [0.2, 0.25) is 0 Å². The minimum absolute atomic E-state index is 0.434. The number of likely N-dealkylation sites (tertiary alicyclic amines) is 1. The molecule has 0 aromatic rings. The molecule has 1 unspecified atom stereocenters. The average molecular weight is 202 g/mol. The highest BCUT2D eigenvalue weighted by Crippen LogP contribution is 2.26. The molecule has 2 heteroatoms. The van der Waals surface area contributed by atoms with E-state index in [4.69, 9.17) is 11.6 Å². The van der Waals surface area contributed by atoms with Crippen LogP contribution in [-0.2, 0) is 0 Å². The zero-order valence-corrected chi connectivity index (χ0v) is 9.10. The third kappa shape index (κ3) is 2.60. The van der Waals surface area contributed by atoms with Gasteiger partial charge in [0.25, 0.3) is 0 Å². The van der Waals surface area contributed by atoms with Crippen molar-refractivity contribution in [3.63, 3.8) is 0 Å². The maximum absolute atomic E-state index is 6.13. The summed E-state index contributed by atoms with van der Waals surface area (Å²) in [6.07, 6.45) is 9.83. The SMILES string of the molecule is ClC1CCN(C2CCCCCC2)C1. The van der Waals surface area contributed by atoms with Gasteiger partial charge in [0.1, 0.15) is 0 Å². The fourth-order valence-electron chi connectivity index (χ4n) is 2.70. The molecule has 1 nitrogen and oxygen atoms in total. The van der Waals surface area contributed by atoms with E-state index in [0.717, 1.165) is 12.6 Å². The van der Waals surface area contributed by atoms with Crippen molar-refractivity contribution < 1.29 is 0 Å². The largest absolute Gasteiger partial charge is 0.299 e. The zero-order chi connectivity index (χ0) is 9.10. The average Bonchev–Trinajstić information content (AvgIpc) is 2.43. The Labute approximate surface area is 86.4 Å². The summed E-state index contributed by atoms with van der Waals surface area (Å²) in [4.78, 5) is 2.63. The molecule has 0 aromatic heterocycles. The molecule has 1 aliphatic carbocycles. The second kappa shape index (κ2) is 4.65. The van der Waals surface area contributed by atoms with Crippen molar-refractivity contribution in [1.82, 2.24) is 4.90 Å². The first-order valence-corrected chi connectivity index (χ1v) is 6.18. The Morgan fingerprint density at radius 1 is 0.923 bits per heavy atom. The molecule has 0 aromatic carbocycles. The molecule has 1 aliphatic heterocycles. The van der Waals surface area contributed by atoms with Crippen LogP contribution in [0.25, 0.3) is 0 Å². The van der Waals surface area contributed by atoms with E-state index in [1.807, 2.05) is 0 Å². The van der Waals surface area contributed by atoms with E-state index in [0.29, 0.717) is 5.38 Å². The lowest BCUT2D eigenvalue weighted by Gasteiger charge is -2.26. The van der Waals surface area contributed by atoms with E-state index in [1.54, 1.807) is 0 Å². The number of nitrogens with zero attached hydrogens (tertiary/aromatic N) is 1. The van der Waals surface area contributed by atoms with Crippen LogP contribution in [0.1, 0.15) is 44.9 Å². The standard InChI is InChI=1S/C11H20ClN/c12-10-7-8-13(9-10)11-5-3-1-2-4-6-11/h10-11H,1-9H2. The fourth-order valence-corrected chi connectivity index (χ4v) is 2.97. The third-order valence-electron chi connectivity index (χ3n) is 3.50. The summed E-state index contributed by atoms with van der Waals surface area (Å²) in [5.74, 6) is 0. The molecule has 2 fully saturated rings. The van der Waals surface area contributed by atoms with Gasteiger partial charge < -0.3 is 0 Å². The second-order valence-electron chi connectivity index (χ2n) is 4.53. The maximum Gasteiger partial charge on any atom is 0.0475 e. The van der Waals surface area contributed by atoms with Gasteiger partial charge in [0.05, 0.1) is 0 Å². The second-order valence-corrected chi connectivity index (χ2v) is 5.14. The molecule has 0 N–H and O–H groups in total. The van der Waals surface area contributed by atoms with E-state index in [9.17, 15) is 0 Å². The minimum Gasteiger partial charge on any atom is -0.299 e. The smallest absolute Gasteiger partial charge is 0.0475 e. The predicted molar refractivity (Wildman–Crippen MR) is 57.3 cm³/mol.